The van der Waals surface area contributed by atoms with E-state index >= 15 is 0 Å². The number of ether oxygens (including phenoxy) is 3. The van der Waals surface area contributed by atoms with E-state index in [4.69, 9.17) is 25.8 Å². The zero-order valence-corrected chi connectivity index (χ0v) is 15.9. The largest absolute Gasteiger partial charge is 0.497 e. The lowest BCUT2D eigenvalue weighted by Gasteiger charge is -2.14. The standard InChI is InChI=1S/C19H19ClN4O3/c1-25-13-6-4-5-12(9-13)22-19-21-8-7-18(24-19)23-15-11-16(26-2)14(20)10-17(15)27-3/h4-11H,1-3H3,(H2,21,22,23,24). The minimum atomic E-state index is 0.438. The van der Waals surface area contributed by atoms with Crippen LogP contribution in [0.15, 0.2) is 48.7 Å². The summed E-state index contributed by atoms with van der Waals surface area (Å²) in [5, 5.41) is 6.80. The number of methoxy groups -OCH3 is 3. The lowest BCUT2D eigenvalue weighted by molar-refractivity contribution is 0.405. The number of rotatable bonds is 7. The monoisotopic (exact) mass is 386 g/mol. The summed E-state index contributed by atoms with van der Waals surface area (Å²) in [5.74, 6) is 2.86. The van der Waals surface area contributed by atoms with Crippen LogP contribution in [0, 0.1) is 0 Å². The van der Waals surface area contributed by atoms with E-state index in [9.17, 15) is 0 Å². The molecule has 0 saturated heterocycles. The maximum absolute atomic E-state index is 6.14. The Morgan fingerprint density at radius 2 is 1.70 bits per heavy atom. The summed E-state index contributed by atoms with van der Waals surface area (Å²) in [4.78, 5) is 8.71. The first kappa shape index (κ1) is 18.6. The molecule has 0 unspecified atom stereocenters. The van der Waals surface area contributed by atoms with Crippen molar-refractivity contribution in [2.45, 2.75) is 0 Å². The zero-order valence-electron chi connectivity index (χ0n) is 15.1. The molecule has 1 aromatic heterocycles. The molecule has 2 aromatic carbocycles. The van der Waals surface area contributed by atoms with Crippen LogP contribution in [-0.2, 0) is 0 Å². The van der Waals surface area contributed by atoms with Gasteiger partial charge in [-0.15, -0.1) is 0 Å². The molecule has 27 heavy (non-hydrogen) atoms. The second-order valence-electron chi connectivity index (χ2n) is 5.43. The van der Waals surface area contributed by atoms with E-state index in [-0.39, 0.29) is 0 Å². The summed E-state index contributed by atoms with van der Waals surface area (Å²) in [5.41, 5.74) is 1.49. The van der Waals surface area contributed by atoms with E-state index < -0.39 is 0 Å². The third kappa shape index (κ3) is 4.51. The summed E-state index contributed by atoms with van der Waals surface area (Å²) in [6, 6.07) is 12.7. The molecule has 1 heterocycles. The highest BCUT2D eigenvalue weighted by Crippen LogP contribution is 2.37. The lowest BCUT2D eigenvalue weighted by Crippen LogP contribution is -2.02. The van der Waals surface area contributed by atoms with Gasteiger partial charge < -0.3 is 24.8 Å². The number of anilines is 4. The van der Waals surface area contributed by atoms with Gasteiger partial charge in [0, 0.05) is 30.1 Å². The van der Waals surface area contributed by atoms with E-state index in [0.717, 1.165) is 11.4 Å². The number of aromatic nitrogens is 2. The van der Waals surface area contributed by atoms with Gasteiger partial charge in [-0.05, 0) is 18.2 Å². The topological polar surface area (TPSA) is 77.5 Å². The highest BCUT2D eigenvalue weighted by molar-refractivity contribution is 6.32. The summed E-state index contributed by atoms with van der Waals surface area (Å²) >= 11 is 6.14. The van der Waals surface area contributed by atoms with Gasteiger partial charge in [-0.1, -0.05) is 17.7 Å². The fourth-order valence-corrected chi connectivity index (χ4v) is 2.65. The number of hydrogen-bond acceptors (Lipinski definition) is 7. The molecule has 8 heteroatoms. The van der Waals surface area contributed by atoms with E-state index in [1.165, 1.54) is 0 Å². The highest BCUT2D eigenvalue weighted by atomic mass is 35.5. The first-order valence-corrected chi connectivity index (χ1v) is 8.43. The molecule has 0 saturated carbocycles. The molecule has 0 aliphatic carbocycles. The molecule has 0 fully saturated rings. The Kier molecular flexibility index (Phi) is 5.83. The van der Waals surface area contributed by atoms with Crippen LogP contribution in [0.2, 0.25) is 5.02 Å². The summed E-state index contributed by atoms with van der Waals surface area (Å²) in [6.45, 7) is 0. The number of nitrogens with zero attached hydrogens (tertiary/aromatic N) is 2. The van der Waals surface area contributed by atoms with E-state index in [1.54, 1.807) is 45.7 Å². The fourth-order valence-electron chi connectivity index (χ4n) is 2.41. The fraction of sp³-hybridized carbons (Fsp3) is 0.158. The number of halogens is 1. The average molecular weight is 387 g/mol. The van der Waals surface area contributed by atoms with Gasteiger partial charge in [0.25, 0.3) is 0 Å². The van der Waals surface area contributed by atoms with Crippen LogP contribution in [0.5, 0.6) is 17.2 Å². The summed E-state index contributed by atoms with van der Waals surface area (Å²) < 4.78 is 15.9. The number of nitrogens with one attached hydrogen (secondary N) is 2. The van der Waals surface area contributed by atoms with Crippen molar-refractivity contribution in [3.8, 4) is 17.2 Å². The van der Waals surface area contributed by atoms with Crippen LogP contribution in [0.3, 0.4) is 0 Å². The van der Waals surface area contributed by atoms with Crippen molar-refractivity contribution < 1.29 is 14.2 Å². The van der Waals surface area contributed by atoms with Crippen molar-refractivity contribution >= 4 is 34.7 Å². The first-order chi connectivity index (χ1) is 13.1. The molecular formula is C19H19ClN4O3. The van der Waals surface area contributed by atoms with Crippen molar-refractivity contribution in [1.82, 2.24) is 9.97 Å². The van der Waals surface area contributed by atoms with Crippen LogP contribution < -0.4 is 24.8 Å². The minimum absolute atomic E-state index is 0.438. The van der Waals surface area contributed by atoms with Crippen molar-refractivity contribution in [2.24, 2.45) is 0 Å². The van der Waals surface area contributed by atoms with Crippen LogP contribution in [0.4, 0.5) is 23.1 Å². The molecule has 0 bridgehead atoms. The summed E-state index contributed by atoms with van der Waals surface area (Å²) in [6.07, 6.45) is 1.65. The lowest BCUT2D eigenvalue weighted by atomic mass is 10.2. The van der Waals surface area contributed by atoms with Gasteiger partial charge in [-0.3, -0.25) is 0 Å². The van der Waals surface area contributed by atoms with Crippen molar-refractivity contribution in [2.75, 3.05) is 32.0 Å². The quantitative estimate of drug-likeness (QED) is 0.612. The smallest absolute Gasteiger partial charge is 0.229 e. The van der Waals surface area contributed by atoms with Crippen LogP contribution >= 0.6 is 11.6 Å². The predicted octanol–water partition coefficient (Wildman–Crippen LogP) is 4.64. The van der Waals surface area contributed by atoms with Crippen LogP contribution in [-0.4, -0.2) is 31.3 Å². The van der Waals surface area contributed by atoms with Gasteiger partial charge in [0.05, 0.1) is 32.0 Å². The Labute approximate surface area is 162 Å². The Morgan fingerprint density at radius 1 is 0.889 bits per heavy atom. The van der Waals surface area contributed by atoms with Gasteiger partial charge in [-0.25, -0.2) is 4.98 Å². The van der Waals surface area contributed by atoms with Gasteiger partial charge >= 0.3 is 0 Å². The molecule has 7 nitrogen and oxygen atoms in total. The second kappa shape index (κ2) is 8.46. The average Bonchev–Trinajstić information content (AvgIpc) is 2.69. The van der Waals surface area contributed by atoms with Crippen LogP contribution in [0.25, 0.3) is 0 Å². The maximum Gasteiger partial charge on any atom is 0.229 e. The normalized spacial score (nSPS) is 10.2. The molecule has 0 spiro atoms. The molecule has 0 amide bonds. The third-order valence-electron chi connectivity index (χ3n) is 3.72. The van der Waals surface area contributed by atoms with Crippen molar-refractivity contribution in [3.63, 3.8) is 0 Å². The molecular weight excluding hydrogens is 368 g/mol. The third-order valence-corrected chi connectivity index (χ3v) is 4.01. The summed E-state index contributed by atoms with van der Waals surface area (Å²) in [7, 11) is 4.74. The van der Waals surface area contributed by atoms with Gasteiger partial charge in [0.1, 0.15) is 23.1 Å². The van der Waals surface area contributed by atoms with Gasteiger partial charge in [-0.2, -0.15) is 4.98 Å². The number of hydrogen-bond donors (Lipinski definition) is 2. The second-order valence-corrected chi connectivity index (χ2v) is 5.84. The van der Waals surface area contributed by atoms with Gasteiger partial charge in [0.15, 0.2) is 0 Å². The Hall–Kier alpha value is -3.19. The first-order valence-electron chi connectivity index (χ1n) is 8.05. The maximum atomic E-state index is 6.14. The van der Waals surface area contributed by atoms with E-state index in [0.29, 0.717) is 34.0 Å². The molecule has 2 N–H and O–H groups in total. The molecule has 0 aliphatic heterocycles. The molecule has 3 aromatic rings. The highest BCUT2D eigenvalue weighted by Gasteiger charge is 2.11. The van der Waals surface area contributed by atoms with Crippen LogP contribution in [0.1, 0.15) is 0 Å². The van der Waals surface area contributed by atoms with Gasteiger partial charge in [0.2, 0.25) is 5.95 Å². The Morgan fingerprint density at radius 3 is 2.44 bits per heavy atom. The Bertz CT molecular complexity index is 937. The van der Waals surface area contributed by atoms with E-state index in [1.807, 2.05) is 24.3 Å². The molecule has 3 rings (SSSR count). The number of benzene rings is 2. The molecule has 0 radical (unpaired) electrons. The van der Waals surface area contributed by atoms with Crippen molar-refractivity contribution in [1.29, 1.82) is 0 Å². The van der Waals surface area contributed by atoms with Crippen molar-refractivity contribution in [3.05, 3.63) is 53.7 Å². The molecule has 140 valence electrons. The minimum Gasteiger partial charge on any atom is -0.497 e. The SMILES string of the molecule is COc1cccc(Nc2nccc(Nc3cc(OC)c(Cl)cc3OC)n2)c1. The molecule has 0 aliphatic rings. The Balaban J connectivity index is 1.84. The van der Waals surface area contributed by atoms with E-state index in [2.05, 4.69) is 20.6 Å². The zero-order chi connectivity index (χ0) is 19.2. The predicted molar refractivity (Wildman–Crippen MR) is 106 cm³/mol. The molecule has 0 atom stereocenters.